The van der Waals surface area contributed by atoms with Crippen LogP contribution < -0.4 is 10.6 Å². The molecule has 0 fully saturated rings. The Bertz CT molecular complexity index is 533. The molecule has 1 unspecified atom stereocenters. The number of hydrogen-bond donors (Lipinski definition) is 2. The fourth-order valence-corrected chi connectivity index (χ4v) is 2.14. The van der Waals surface area contributed by atoms with Crippen molar-refractivity contribution in [1.29, 1.82) is 0 Å². The van der Waals surface area contributed by atoms with Crippen molar-refractivity contribution in [3.8, 4) is 0 Å². The minimum atomic E-state index is -0.421. The van der Waals surface area contributed by atoms with Crippen LogP contribution in [0.4, 0.5) is 17.1 Å². The zero-order valence-electron chi connectivity index (χ0n) is 10.7. The number of carbonyl (C=O) groups is 1. The number of amides is 1. The molecule has 0 bridgehead atoms. The van der Waals surface area contributed by atoms with Gasteiger partial charge in [0.25, 0.3) is 5.69 Å². The molecular weight excluding hydrogens is 266 g/mol. The summed E-state index contributed by atoms with van der Waals surface area (Å²) in [6, 6.07) is 3.12. The van der Waals surface area contributed by atoms with Crippen molar-refractivity contribution < 1.29 is 9.72 Å². The molecule has 0 aliphatic carbocycles. The number of rotatable bonds is 5. The van der Waals surface area contributed by atoms with Gasteiger partial charge in [0.15, 0.2) is 0 Å². The maximum Gasteiger partial charge on any atom is 0.292 e. The lowest BCUT2D eigenvalue weighted by atomic mass is 10.1. The molecule has 102 valence electrons. The summed E-state index contributed by atoms with van der Waals surface area (Å²) in [5, 5.41) is 17.2. The molecule has 0 spiro atoms. The van der Waals surface area contributed by atoms with Crippen molar-refractivity contribution in [2.75, 3.05) is 23.4 Å². The summed E-state index contributed by atoms with van der Waals surface area (Å²) in [7, 11) is 0. The maximum absolute atomic E-state index is 11.3. The largest absolute Gasteiger partial charge is 0.378 e. The number of fused-ring (bicyclic) bond motifs is 1. The highest BCUT2D eigenvalue weighted by Crippen LogP contribution is 2.34. The second-order valence-corrected chi connectivity index (χ2v) is 5.71. The van der Waals surface area contributed by atoms with Gasteiger partial charge in [0.1, 0.15) is 5.69 Å². The van der Waals surface area contributed by atoms with Gasteiger partial charge in [-0.2, -0.15) is 11.8 Å². The third-order valence-corrected chi connectivity index (χ3v) is 4.00. The van der Waals surface area contributed by atoms with E-state index in [1.165, 1.54) is 6.07 Å². The van der Waals surface area contributed by atoms with E-state index in [9.17, 15) is 14.9 Å². The molecule has 1 aromatic rings. The third-order valence-electron chi connectivity index (χ3n) is 3.03. The summed E-state index contributed by atoms with van der Waals surface area (Å²) < 4.78 is 0. The second kappa shape index (κ2) is 5.48. The molecule has 2 rings (SSSR count). The number of anilines is 2. The van der Waals surface area contributed by atoms with Crippen molar-refractivity contribution in [1.82, 2.24) is 0 Å². The molecule has 0 saturated heterocycles. The van der Waals surface area contributed by atoms with E-state index in [0.717, 1.165) is 0 Å². The lowest BCUT2D eigenvalue weighted by molar-refractivity contribution is -0.384. The molecule has 1 atom stereocenters. The summed E-state index contributed by atoms with van der Waals surface area (Å²) in [6.07, 6.45) is 2.20. The lowest BCUT2D eigenvalue weighted by Gasteiger charge is -2.12. The average molecular weight is 281 g/mol. The molecule has 7 heteroatoms. The Morgan fingerprint density at radius 1 is 1.58 bits per heavy atom. The second-order valence-electron chi connectivity index (χ2n) is 4.44. The Morgan fingerprint density at radius 3 is 2.95 bits per heavy atom. The fourth-order valence-electron chi connectivity index (χ4n) is 1.89. The third kappa shape index (κ3) is 2.98. The van der Waals surface area contributed by atoms with E-state index >= 15 is 0 Å². The van der Waals surface area contributed by atoms with Crippen LogP contribution in [0, 0.1) is 10.1 Å². The van der Waals surface area contributed by atoms with Gasteiger partial charge in [-0.05, 0) is 17.9 Å². The molecule has 0 saturated carbocycles. The zero-order chi connectivity index (χ0) is 14.0. The van der Waals surface area contributed by atoms with E-state index in [0.29, 0.717) is 28.7 Å². The fraction of sp³-hybridized carbons (Fsp3) is 0.417. The SMILES string of the molecule is CSC(C)CNc1cc2c(cc1[N+](=O)[O-])CC(=O)N2. The smallest absolute Gasteiger partial charge is 0.292 e. The van der Waals surface area contributed by atoms with Gasteiger partial charge in [-0.1, -0.05) is 6.92 Å². The molecule has 0 radical (unpaired) electrons. The number of carbonyl (C=O) groups excluding carboxylic acids is 1. The van der Waals surface area contributed by atoms with Crippen molar-refractivity contribution in [2.24, 2.45) is 0 Å². The first-order valence-corrected chi connectivity index (χ1v) is 7.18. The Morgan fingerprint density at radius 2 is 2.32 bits per heavy atom. The van der Waals surface area contributed by atoms with Gasteiger partial charge < -0.3 is 10.6 Å². The Hall–Kier alpha value is -1.76. The van der Waals surface area contributed by atoms with E-state index in [4.69, 9.17) is 0 Å². The summed E-state index contributed by atoms with van der Waals surface area (Å²) in [5.74, 6) is -0.126. The highest BCUT2D eigenvalue weighted by molar-refractivity contribution is 7.99. The predicted molar refractivity (Wildman–Crippen MR) is 76.9 cm³/mol. The minimum Gasteiger partial charge on any atom is -0.378 e. The molecular formula is C12H15N3O3S. The van der Waals surface area contributed by atoms with Crippen LogP contribution in [0.15, 0.2) is 12.1 Å². The molecule has 0 aromatic heterocycles. The number of nitro benzene ring substituents is 1. The molecule has 19 heavy (non-hydrogen) atoms. The first-order valence-electron chi connectivity index (χ1n) is 5.89. The molecule has 1 aromatic carbocycles. The average Bonchev–Trinajstić information content (AvgIpc) is 2.73. The van der Waals surface area contributed by atoms with Crippen LogP contribution in [0.5, 0.6) is 0 Å². The van der Waals surface area contributed by atoms with Crippen LogP contribution in [-0.2, 0) is 11.2 Å². The van der Waals surface area contributed by atoms with Gasteiger partial charge in [-0.25, -0.2) is 0 Å². The minimum absolute atomic E-state index is 0.0172. The van der Waals surface area contributed by atoms with E-state index in [1.807, 2.05) is 13.2 Å². The number of benzene rings is 1. The van der Waals surface area contributed by atoms with Gasteiger partial charge in [0.05, 0.1) is 11.3 Å². The topological polar surface area (TPSA) is 84.3 Å². The van der Waals surface area contributed by atoms with Gasteiger partial charge in [0.2, 0.25) is 5.91 Å². The van der Waals surface area contributed by atoms with Gasteiger partial charge in [0, 0.05) is 23.5 Å². The van der Waals surface area contributed by atoms with Crippen molar-refractivity contribution in [3.63, 3.8) is 0 Å². The maximum atomic E-state index is 11.3. The summed E-state index contributed by atoms with van der Waals surface area (Å²) >= 11 is 1.68. The standard InChI is InChI=1S/C12H15N3O3S/c1-7(19-2)6-13-10-5-9-8(4-12(16)14-9)3-11(10)15(17)18/h3,5,7,13H,4,6H2,1-2H3,(H,14,16). The molecule has 1 aliphatic heterocycles. The Labute approximate surface area is 115 Å². The molecule has 1 aliphatic rings. The van der Waals surface area contributed by atoms with E-state index in [1.54, 1.807) is 17.8 Å². The van der Waals surface area contributed by atoms with Crippen LogP contribution in [0.25, 0.3) is 0 Å². The van der Waals surface area contributed by atoms with Crippen molar-refractivity contribution in [2.45, 2.75) is 18.6 Å². The Kier molecular flexibility index (Phi) is 3.94. The highest BCUT2D eigenvalue weighted by Gasteiger charge is 2.24. The quantitative estimate of drug-likeness (QED) is 0.639. The zero-order valence-corrected chi connectivity index (χ0v) is 11.5. The van der Waals surface area contributed by atoms with E-state index in [2.05, 4.69) is 10.6 Å². The van der Waals surface area contributed by atoms with Crippen LogP contribution in [0.3, 0.4) is 0 Å². The summed E-state index contributed by atoms with van der Waals surface area (Å²) in [4.78, 5) is 22.0. The van der Waals surface area contributed by atoms with Gasteiger partial charge >= 0.3 is 0 Å². The van der Waals surface area contributed by atoms with Crippen LogP contribution in [-0.4, -0.2) is 28.9 Å². The first kappa shape index (κ1) is 13.7. The molecule has 1 amide bonds. The summed E-state index contributed by atoms with van der Waals surface area (Å²) in [5.41, 5.74) is 1.81. The predicted octanol–water partition coefficient (Wildman–Crippen LogP) is 2.25. The number of hydrogen-bond acceptors (Lipinski definition) is 5. The van der Waals surface area contributed by atoms with Crippen molar-refractivity contribution >= 4 is 34.7 Å². The number of nitrogens with zero attached hydrogens (tertiary/aromatic N) is 1. The van der Waals surface area contributed by atoms with Gasteiger partial charge in [-0.15, -0.1) is 0 Å². The van der Waals surface area contributed by atoms with Crippen LogP contribution >= 0.6 is 11.8 Å². The Balaban J connectivity index is 2.28. The van der Waals surface area contributed by atoms with Gasteiger partial charge in [-0.3, -0.25) is 14.9 Å². The lowest BCUT2D eigenvalue weighted by Crippen LogP contribution is -2.13. The van der Waals surface area contributed by atoms with Crippen LogP contribution in [0.2, 0.25) is 0 Å². The monoisotopic (exact) mass is 281 g/mol. The number of thioether (sulfide) groups is 1. The molecule has 1 heterocycles. The number of nitro groups is 1. The van der Waals surface area contributed by atoms with Crippen molar-refractivity contribution in [3.05, 3.63) is 27.8 Å². The first-order chi connectivity index (χ1) is 9.01. The highest BCUT2D eigenvalue weighted by atomic mass is 32.2. The van der Waals surface area contributed by atoms with E-state index < -0.39 is 4.92 Å². The number of nitrogens with one attached hydrogen (secondary N) is 2. The van der Waals surface area contributed by atoms with Crippen LogP contribution in [0.1, 0.15) is 12.5 Å². The van der Waals surface area contributed by atoms with E-state index in [-0.39, 0.29) is 18.0 Å². The molecule has 2 N–H and O–H groups in total. The summed E-state index contributed by atoms with van der Waals surface area (Å²) in [6.45, 7) is 2.67. The normalized spacial score (nSPS) is 14.7. The molecule has 6 nitrogen and oxygen atoms in total.